The van der Waals surface area contributed by atoms with E-state index in [1.54, 1.807) is 0 Å². The van der Waals surface area contributed by atoms with Crippen molar-refractivity contribution in [1.29, 1.82) is 0 Å². The SMILES string of the molecule is CCC1=C(OCC(C)C)CCC1=O. The van der Waals surface area contributed by atoms with Gasteiger partial charge in [0, 0.05) is 18.4 Å². The van der Waals surface area contributed by atoms with Gasteiger partial charge >= 0.3 is 0 Å². The van der Waals surface area contributed by atoms with Gasteiger partial charge in [0.2, 0.25) is 0 Å². The van der Waals surface area contributed by atoms with Gasteiger partial charge < -0.3 is 4.74 Å². The molecule has 1 aliphatic carbocycles. The van der Waals surface area contributed by atoms with Crippen LogP contribution in [0, 0.1) is 5.92 Å². The van der Waals surface area contributed by atoms with E-state index in [9.17, 15) is 4.79 Å². The standard InChI is InChI=1S/C11H18O2/c1-4-9-10(12)5-6-11(9)13-7-8(2)3/h8H,4-7H2,1-3H3. The minimum Gasteiger partial charge on any atom is -0.497 e. The number of hydrogen-bond acceptors (Lipinski definition) is 2. The van der Waals surface area contributed by atoms with Crippen LogP contribution in [0.4, 0.5) is 0 Å². The molecule has 0 aliphatic heterocycles. The summed E-state index contributed by atoms with van der Waals surface area (Å²) in [4.78, 5) is 11.3. The summed E-state index contributed by atoms with van der Waals surface area (Å²) in [7, 11) is 0. The van der Waals surface area contributed by atoms with Crippen LogP contribution in [0.25, 0.3) is 0 Å². The largest absolute Gasteiger partial charge is 0.497 e. The van der Waals surface area contributed by atoms with Gasteiger partial charge in [-0.1, -0.05) is 20.8 Å². The average molecular weight is 182 g/mol. The predicted molar refractivity (Wildman–Crippen MR) is 52.3 cm³/mol. The van der Waals surface area contributed by atoms with Crippen LogP contribution in [0.1, 0.15) is 40.0 Å². The molecule has 0 spiro atoms. The fourth-order valence-corrected chi connectivity index (χ4v) is 1.51. The Morgan fingerprint density at radius 3 is 2.62 bits per heavy atom. The van der Waals surface area contributed by atoms with Crippen molar-refractivity contribution in [2.24, 2.45) is 5.92 Å². The van der Waals surface area contributed by atoms with Crippen LogP contribution in [-0.2, 0) is 9.53 Å². The summed E-state index contributed by atoms with van der Waals surface area (Å²) in [5.41, 5.74) is 0.917. The number of ether oxygens (including phenoxy) is 1. The lowest BCUT2D eigenvalue weighted by Crippen LogP contribution is -2.02. The van der Waals surface area contributed by atoms with E-state index in [0.717, 1.165) is 30.8 Å². The molecule has 74 valence electrons. The predicted octanol–water partition coefficient (Wildman–Crippen LogP) is 2.69. The number of carbonyl (C=O) groups is 1. The molecule has 2 heteroatoms. The zero-order valence-corrected chi connectivity index (χ0v) is 8.72. The van der Waals surface area contributed by atoms with Gasteiger partial charge in [0.25, 0.3) is 0 Å². The molecule has 13 heavy (non-hydrogen) atoms. The monoisotopic (exact) mass is 182 g/mol. The summed E-state index contributed by atoms with van der Waals surface area (Å²) in [6, 6.07) is 0. The van der Waals surface area contributed by atoms with E-state index < -0.39 is 0 Å². The maximum absolute atomic E-state index is 11.3. The van der Waals surface area contributed by atoms with Crippen molar-refractivity contribution in [3.05, 3.63) is 11.3 Å². The zero-order valence-electron chi connectivity index (χ0n) is 8.72. The van der Waals surface area contributed by atoms with Crippen LogP contribution in [0.5, 0.6) is 0 Å². The van der Waals surface area contributed by atoms with E-state index in [4.69, 9.17) is 4.74 Å². The van der Waals surface area contributed by atoms with Gasteiger partial charge in [0.05, 0.1) is 6.61 Å². The number of carbonyl (C=O) groups excluding carboxylic acids is 1. The van der Waals surface area contributed by atoms with E-state index >= 15 is 0 Å². The Kier molecular flexibility index (Phi) is 3.52. The van der Waals surface area contributed by atoms with Crippen LogP contribution in [-0.4, -0.2) is 12.4 Å². The van der Waals surface area contributed by atoms with E-state index in [0.29, 0.717) is 12.3 Å². The highest BCUT2D eigenvalue weighted by atomic mass is 16.5. The molecule has 1 rings (SSSR count). The molecular weight excluding hydrogens is 164 g/mol. The Balaban J connectivity index is 2.56. The fourth-order valence-electron chi connectivity index (χ4n) is 1.51. The molecule has 2 nitrogen and oxygen atoms in total. The molecule has 0 N–H and O–H groups in total. The number of rotatable bonds is 4. The fraction of sp³-hybridized carbons (Fsp3) is 0.727. The second kappa shape index (κ2) is 4.45. The molecule has 0 amide bonds. The Hall–Kier alpha value is -0.790. The molecule has 1 aliphatic rings. The third-order valence-electron chi connectivity index (χ3n) is 2.20. The zero-order chi connectivity index (χ0) is 9.84. The molecule has 0 fully saturated rings. The van der Waals surface area contributed by atoms with Crippen LogP contribution in [0.2, 0.25) is 0 Å². The minimum absolute atomic E-state index is 0.279. The van der Waals surface area contributed by atoms with Crippen molar-refractivity contribution >= 4 is 5.78 Å². The summed E-state index contributed by atoms with van der Waals surface area (Å²) in [5, 5.41) is 0. The normalized spacial score (nSPS) is 17.4. The first-order chi connectivity index (χ1) is 6.15. The van der Waals surface area contributed by atoms with Crippen molar-refractivity contribution in [2.75, 3.05) is 6.61 Å². The van der Waals surface area contributed by atoms with Crippen LogP contribution >= 0.6 is 0 Å². The molecule has 0 heterocycles. The second-order valence-corrected chi connectivity index (χ2v) is 3.88. The maximum Gasteiger partial charge on any atom is 0.162 e. The Bertz CT molecular complexity index is 226. The van der Waals surface area contributed by atoms with Gasteiger partial charge in [-0.25, -0.2) is 0 Å². The van der Waals surface area contributed by atoms with Gasteiger partial charge in [0.15, 0.2) is 5.78 Å². The lowest BCUT2D eigenvalue weighted by Gasteiger charge is -2.10. The third-order valence-corrected chi connectivity index (χ3v) is 2.20. The highest BCUT2D eigenvalue weighted by Crippen LogP contribution is 2.26. The topological polar surface area (TPSA) is 26.3 Å². The summed E-state index contributed by atoms with van der Waals surface area (Å²) in [6.45, 7) is 6.97. The Labute approximate surface area is 80.0 Å². The first-order valence-electron chi connectivity index (χ1n) is 5.03. The summed E-state index contributed by atoms with van der Waals surface area (Å²) < 4.78 is 5.60. The maximum atomic E-state index is 11.3. The molecule has 0 atom stereocenters. The molecule has 0 aromatic carbocycles. The number of ketones is 1. The Morgan fingerprint density at radius 2 is 2.08 bits per heavy atom. The van der Waals surface area contributed by atoms with Crippen LogP contribution in [0.15, 0.2) is 11.3 Å². The van der Waals surface area contributed by atoms with Gasteiger partial charge in [-0.15, -0.1) is 0 Å². The van der Waals surface area contributed by atoms with Crippen molar-refractivity contribution in [2.45, 2.75) is 40.0 Å². The molecule has 0 unspecified atom stereocenters. The van der Waals surface area contributed by atoms with Crippen LogP contribution in [0.3, 0.4) is 0 Å². The number of Topliss-reactive ketones (excluding diaryl/α,β-unsaturated/α-hetero) is 1. The average Bonchev–Trinajstić information content (AvgIpc) is 2.42. The van der Waals surface area contributed by atoms with Gasteiger partial charge in [-0.05, 0) is 12.3 Å². The van der Waals surface area contributed by atoms with Crippen molar-refractivity contribution in [1.82, 2.24) is 0 Å². The highest BCUT2D eigenvalue weighted by Gasteiger charge is 2.22. The summed E-state index contributed by atoms with van der Waals surface area (Å²) in [5.74, 6) is 1.75. The van der Waals surface area contributed by atoms with E-state index in [1.165, 1.54) is 0 Å². The summed E-state index contributed by atoms with van der Waals surface area (Å²) >= 11 is 0. The molecule has 0 bridgehead atoms. The molecule has 0 radical (unpaired) electrons. The van der Waals surface area contributed by atoms with Gasteiger partial charge in [0.1, 0.15) is 5.76 Å². The van der Waals surface area contributed by atoms with E-state index in [-0.39, 0.29) is 5.78 Å². The van der Waals surface area contributed by atoms with E-state index in [2.05, 4.69) is 13.8 Å². The molecular formula is C11H18O2. The van der Waals surface area contributed by atoms with Crippen molar-refractivity contribution in [3.63, 3.8) is 0 Å². The minimum atomic E-state index is 0.279. The van der Waals surface area contributed by atoms with Gasteiger partial charge in [-0.3, -0.25) is 4.79 Å². The highest BCUT2D eigenvalue weighted by molar-refractivity contribution is 5.98. The lowest BCUT2D eigenvalue weighted by molar-refractivity contribution is -0.115. The van der Waals surface area contributed by atoms with Gasteiger partial charge in [-0.2, -0.15) is 0 Å². The van der Waals surface area contributed by atoms with Crippen molar-refractivity contribution in [3.8, 4) is 0 Å². The van der Waals surface area contributed by atoms with E-state index in [1.807, 2.05) is 6.92 Å². The smallest absolute Gasteiger partial charge is 0.162 e. The van der Waals surface area contributed by atoms with Crippen LogP contribution < -0.4 is 0 Å². The number of hydrogen-bond donors (Lipinski definition) is 0. The van der Waals surface area contributed by atoms with Crippen molar-refractivity contribution < 1.29 is 9.53 Å². The molecule has 0 aromatic heterocycles. The third kappa shape index (κ3) is 2.58. The molecule has 0 saturated heterocycles. The number of allylic oxidation sites excluding steroid dienone is 2. The molecule has 0 saturated carbocycles. The quantitative estimate of drug-likeness (QED) is 0.668. The lowest BCUT2D eigenvalue weighted by atomic mass is 10.1. The Morgan fingerprint density at radius 1 is 1.38 bits per heavy atom. The first kappa shape index (κ1) is 10.3. The summed E-state index contributed by atoms with van der Waals surface area (Å²) in [6.07, 6.45) is 2.28. The molecule has 0 aromatic rings. The first-order valence-corrected chi connectivity index (χ1v) is 5.03. The second-order valence-electron chi connectivity index (χ2n) is 3.88.